The third kappa shape index (κ3) is 1.52. The standard InChI is InChI=1S/C13H15N3/c1-9-3-6-12(10(2)7-9)13-15-14-8-16(13)11-4-5-11/h3,6-8,11H,4-5H2,1-2H3. The highest BCUT2D eigenvalue weighted by Gasteiger charge is 2.26. The molecule has 16 heavy (non-hydrogen) atoms. The predicted molar refractivity (Wildman–Crippen MR) is 63.2 cm³/mol. The van der Waals surface area contributed by atoms with E-state index in [2.05, 4.69) is 46.8 Å². The summed E-state index contributed by atoms with van der Waals surface area (Å²) in [6.07, 6.45) is 4.37. The molecule has 1 heterocycles. The number of aromatic nitrogens is 3. The van der Waals surface area contributed by atoms with Crippen LogP contribution in [0.15, 0.2) is 24.5 Å². The van der Waals surface area contributed by atoms with Gasteiger partial charge in [0.05, 0.1) is 0 Å². The molecule has 0 unspecified atom stereocenters. The highest BCUT2D eigenvalue weighted by molar-refractivity contribution is 5.60. The maximum absolute atomic E-state index is 4.25. The van der Waals surface area contributed by atoms with E-state index in [0.29, 0.717) is 6.04 Å². The van der Waals surface area contributed by atoms with Gasteiger partial charge in [-0.15, -0.1) is 10.2 Å². The molecule has 1 fully saturated rings. The van der Waals surface area contributed by atoms with E-state index in [1.807, 2.05) is 6.33 Å². The molecule has 1 aliphatic rings. The molecule has 0 spiro atoms. The van der Waals surface area contributed by atoms with Crippen LogP contribution in [-0.4, -0.2) is 14.8 Å². The Morgan fingerprint density at radius 3 is 2.75 bits per heavy atom. The predicted octanol–water partition coefficient (Wildman–Crippen LogP) is 2.90. The molecular weight excluding hydrogens is 198 g/mol. The van der Waals surface area contributed by atoms with Crippen LogP contribution in [0.1, 0.15) is 30.0 Å². The van der Waals surface area contributed by atoms with E-state index in [1.54, 1.807) is 0 Å². The van der Waals surface area contributed by atoms with Gasteiger partial charge in [-0.05, 0) is 32.3 Å². The monoisotopic (exact) mass is 213 g/mol. The van der Waals surface area contributed by atoms with Crippen molar-refractivity contribution in [3.05, 3.63) is 35.7 Å². The summed E-state index contributed by atoms with van der Waals surface area (Å²) < 4.78 is 2.21. The Morgan fingerprint density at radius 1 is 1.25 bits per heavy atom. The molecule has 0 bridgehead atoms. The topological polar surface area (TPSA) is 30.7 Å². The van der Waals surface area contributed by atoms with Crippen molar-refractivity contribution in [3.63, 3.8) is 0 Å². The van der Waals surface area contributed by atoms with Crippen LogP contribution in [0.25, 0.3) is 11.4 Å². The molecule has 0 saturated heterocycles. The van der Waals surface area contributed by atoms with E-state index in [9.17, 15) is 0 Å². The van der Waals surface area contributed by atoms with Gasteiger partial charge in [0.25, 0.3) is 0 Å². The van der Waals surface area contributed by atoms with Crippen molar-refractivity contribution < 1.29 is 0 Å². The quantitative estimate of drug-likeness (QED) is 0.768. The number of aryl methyl sites for hydroxylation is 2. The number of hydrogen-bond donors (Lipinski definition) is 0. The molecular formula is C13H15N3. The minimum Gasteiger partial charge on any atom is -0.310 e. The lowest BCUT2D eigenvalue weighted by Crippen LogP contribution is -1.97. The van der Waals surface area contributed by atoms with Gasteiger partial charge in [0.1, 0.15) is 6.33 Å². The normalized spacial score (nSPS) is 15.4. The maximum atomic E-state index is 4.25. The highest BCUT2D eigenvalue weighted by Crippen LogP contribution is 2.37. The summed E-state index contributed by atoms with van der Waals surface area (Å²) in [5, 5.41) is 8.29. The van der Waals surface area contributed by atoms with Crippen LogP contribution < -0.4 is 0 Å². The summed E-state index contributed by atoms with van der Waals surface area (Å²) in [4.78, 5) is 0. The Morgan fingerprint density at radius 2 is 2.06 bits per heavy atom. The van der Waals surface area contributed by atoms with Crippen molar-refractivity contribution in [3.8, 4) is 11.4 Å². The number of benzene rings is 1. The lowest BCUT2D eigenvalue weighted by Gasteiger charge is -2.08. The first-order valence-corrected chi connectivity index (χ1v) is 5.73. The van der Waals surface area contributed by atoms with Gasteiger partial charge in [-0.2, -0.15) is 0 Å². The van der Waals surface area contributed by atoms with Crippen LogP contribution in [0.2, 0.25) is 0 Å². The van der Waals surface area contributed by atoms with Gasteiger partial charge in [-0.25, -0.2) is 0 Å². The fourth-order valence-corrected chi connectivity index (χ4v) is 2.12. The van der Waals surface area contributed by atoms with Crippen molar-refractivity contribution >= 4 is 0 Å². The van der Waals surface area contributed by atoms with Crippen LogP contribution in [0.4, 0.5) is 0 Å². The van der Waals surface area contributed by atoms with Crippen molar-refractivity contribution in [2.45, 2.75) is 32.7 Å². The first kappa shape index (κ1) is 9.58. The first-order valence-electron chi connectivity index (χ1n) is 5.73. The Kier molecular flexibility index (Phi) is 2.06. The Hall–Kier alpha value is -1.64. The van der Waals surface area contributed by atoms with E-state index in [4.69, 9.17) is 0 Å². The molecule has 2 aromatic rings. The molecule has 0 atom stereocenters. The Balaban J connectivity index is 2.10. The third-order valence-electron chi connectivity index (χ3n) is 3.14. The smallest absolute Gasteiger partial charge is 0.164 e. The fourth-order valence-electron chi connectivity index (χ4n) is 2.12. The average molecular weight is 213 g/mol. The molecule has 0 amide bonds. The second kappa shape index (κ2) is 3.44. The molecule has 0 N–H and O–H groups in total. The van der Waals surface area contributed by atoms with Gasteiger partial charge in [-0.1, -0.05) is 23.8 Å². The molecule has 3 nitrogen and oxygen atoms in total. The van der Waals surface area contributed by atoms with E-state index < -0.39 is 0 Å². The lowest BCUT2D eigenvalue weighted by atomic mass is 10.1. The molecule has 82 valence electrons. The van der Waals surface area contributed by atoms with Crippen molar-refractivity contribution in [1.82, 2.24) is 14.8 Å². The zero-order valence-electron chi connectivity index (χ0n) is 9.64. The van der Waals surface area contributed by atoms with Gasteiger partial charge < -0.3 is 4.57 Å². The third-order valence-corrected chi connectivity index (χ3v) is 3.14. The molecule has 1 aliphatic carbocycles. The molecule has 1 aromatic heterocycles. The molecule has 0 aliphatic heterocycles. The summed E-state index contributed by atoms with van der Waals surface area (Å²) in [5.74, 6) is 1.01. The summed E-state index contributed by atoms with van der Waals surface area (Å²) in [5.41, 5.74) is 3.77. The summed E-state index contributed by atoms with van der Waals surface area (Å²) >= 11 is 0. The second-order valence-electron chi connectivity index (χ2n) is 4.61. The summed E-state index contributed by atoms with van der Waals surface area (Å²) in [6, 6.07) is 7.11. The zero-order chi connectivity index (χ0) is 11.1. The number of hydrogen-bond acceptors (Lipinski definition) is 2. The Labute approximate surface area is 95.1 Å². The highest BCUT2D eigenvalue weighted by atomic mass is 15.3. The average Bonchev–Trinajstić information content (AvgIpc) is 2.98. The first-order chi connectivity index (χ1) is 7.75. The van der Waals surface area contributed by atoms with E-state index >= 15 is 0 Å². The lowest BCUT2D eigenvalue weighted by molar-refractivity contribution is 0.745. The van der Waals surface area contributed by atoms with Crippen LogP contribution in [-0.2, 0) is 0 Å². The van der Waals surface area contributed by atoms with Crippen LogP contribution in [0.3, 0.4) is 0 Å². The van der Waals surface area contributed by atoms with Crippen LogP contribution in [0.5, 0.6) is 0 Å². The maximum Gasteiger partial charge on any atom is 0.164 e. The zero-order valence-corrected chi connectivity index (χ0v) is 9.64. The summed E-state index contributed by atoms with van der Waals surface area (Å²) in [7, 11) is 0. The van der Waals surface area contributed by atoms with Gasteiger partial charge >= 0.3 is 0 Å². The molecule has 3 heteroatoms. The van der Waals surface area contributed by atoms with E-state index in [-0.39, 0.29) is 0 Å². The summed E-state index contributed by atoms with van der Waals surface area (Å²) in [6.45, 7) is 4.25. The van der Waals surface area contributed by atoms with E-state index in [1.165, 1.54) is 29.5 Å². The van der Waals surface area contributed by atoms with Gasteiger partial charge in [0.15, 0.2) is 5.82 Å². The number of rotatable bonds is 2. The van der Waals surface area contributed by atoms with Crippen molar-refractivity contribution in [2.24, 2.45) is 0 Å². The second-order valence-corrected chi connectivity index (χ2v) is 4.61. The SMILES string of the molecule is Cc1ccc(-c2nncn2C2CC2)c(C)c1. The molecule has 3 rings (SSSR count). The molecule has 1 saturated carbocycles. The molecule has 0 radical (unpaired) electrons. The fraction of sp³-hybridized carbons (Fsp3) is 0.385. The minimum atomic E-state index is 0.630. The van der Waals surface area contributed by atoms with Crippen LogP contribution >= 0.6 is 0 Å². The molecule has 1 aromatic carbocycles. The van der Waals surface area contributed by atoms with Crippen molar-refractivity contribution in [1.29, 1.82) is 0 Å². The van der Waals surface area contributed by atoms with Crippen molar-refractivity contribution in [2.75, 3.05) is 0 Å². The Bertz CT molecular complexity index is 524. The number of nitrogens with zero attached hydrogens (tertiary/aromatic N) is 3. The van der Waals surface area contributed by atoms with Crippen LogP contribution in [0, 0.1) is 13.8 Å². The van der Waals surface area contributed by atoms with Gasteiger partial charge in [0, 0.05) is 11.6 Å². The van der Waals surface area contributed by atoms with E-state index in [0.717, 1.165) is 5.82 Å². The van der Waals surface area contributed by atoms with Gasteiger partial charge in [-0.3, -0.25) is 0 Å². The largest absolute Gasteiger partial charge is 0.310 e. The minimum absolute atomic E-state index is 0.630. The van der Waals surface area contributed by atoms with Gasteiger partial charge in [0.2, 0.25) is 0 Å².